The minimum Gasteiger partial charge on any atom is -0.385 e. The van der Waals surface area contributed by atoms with Crippen molar-refractivity contribution in [2.45, 2.75) is 35.1 Å². The third kappa shape index (κ3) is 5.74. The zero-order valence-corrected chi connectivity index (χ0v) is 17.9. The second-order valence-electron chi connectivity index (χ2n) is 7.01. The molecule has 6 nitrogen and oxygen atoms in total. The van der Waals surface area contributed by atoms with Crippen LogP contribution >= 0.6 is 11.8 Å². The van der Waals surface area contributed by atoms with Crippen LogP contribution in [0.25, 0.3) is 0 Å². The lowest BCUT2D eigenvalue weighted by molar-refractivity contribution is -0.131. The van der Waals surface area contributed by atoms with E-state index in [4.69, 9.17) is 5.73 Å². The van der Waals surface area contributed by atoms with Crippen molar-refractivity contribution >= 4 is 33.2 Å². The first-order valence-corrected chi connectivity index (χ1v) is 12.4. The fourth-order valence-electron chi connectivity index (χ4n) is 3.16. The largest absolute Gasteiger partial charge is 0.385 e. The summed E-state index contributed by atoms with van der Waals surface area (Å²) in [5, 5.41) is 3.29. The fraction of sp³-hybridized carbons (Fsp3) is 0.381. The summed E-state index contributed by atoms with van der Waals surface area (Å²) >= 11 is 1.76. The van der Waals surface area contributed by atoms with E-state index in [1.165, 1.54) is 0 Å². The van der Waals surface area contributed by atoms with Gasteiger partial charge in [-0.3, -0.25) is 4.79 Å². The number of amides is 1. The quantitative estimate of drug-likeness (QED) is 0.591. The Morgan fingerprint density at radius 1 is 1.07 bits per heavy atom. The molecule has 3 N–H and O–H groups in total. The van der Waals surface area contributed by atoms with Gasteiger partial charge in [0.25, 0.3) is 0 Å². The number of benzene rings is 2. The van der Waals surface area contributed by atoms with Gasteiger partial charge in [-0.15, -0.1) is 11.8 Å². The number of carbonyl (C=O) groups is 1. The molecule has 0 saturated carbocycles. The smallest absolute Gasteiger partial charge is 0.240 e. The minimum atomic E-state index is -3.49. The van der Waals surface area contributed by atoms with E-state index in [-0.39, 0.29) is 10.8 Å². The van der Waals surface area contributed by atoms with Crippen molar-refractivity contribution in [3.8, 4) is 0 Å². The van der Waals surface area contributed by atoms with E-state index < -0.39 is 15.9 Å². The number of anilines is 1. The van der Waals surface area contributed by atoms with Crippen molar-refractivity contribution in [1.29, 1.82) is 0 Å². The lowest BCUT2D eigenvalue weighted by Crippen LogP contribution is -2.42. The number of nitrogens with two attached hydrogens (primary N) is 1. The van der Waals surface area contributed by atoms with Gasteiger partial charge >= 0.3 is 0 Å². The molecule has 156 valence electrons. The molecule has 0 spiro atoms. The normalized spacial score (nSPS) is 15.3. The molecule has 29 heavy (non-hydrogen) atoms. The molecule has 1 atom stereocenters. The average Bonchev–Trinajstić information content (AvgIpc) is 3.28. The van der Waals surface area contributed by atoms with E-state index in [0.717, 1.165) is 43.2 Å². The van der Waals surface area contributed by atoms with E-state index in [2.05, 4.69) is 5.32 Å². The number of unbranched alkanes of at least 4 members (excludes halogenated alkanes) is 1. The molecule has 0 unspecified atom stereocenters. The predicted molar refractivity (Wildman–Crippen MR) is 118 cm³/mol. The topological polar surface area (TPSA) is 92.5 Å². The maximum Gasteiger partial charge on any atom is 0.240 e. The highest BCUT2D eigenvalue weighted by Gasteiger charge is 2.23. The molecule has 2 aromatic carbocycles. The molecule has 0 radical (unpaired) electrons. The summed E-state index contributed by atoms with van der Waals surface area (Å²) in [7, 11) is -3.49. The summed E-state index contributed by atoms with van der Waals surface area (Å²) in [6.45, 7) is 1.54. The molecule has 2 aromatic rings. The van der Waals surface area contributed by atoms with E-state index in [1.54, 1.807) is 66.4 Å². The number of hydrogen-bond donors (Lipinski definition) is 2. The van der Waals surface area contributed by atoms with Gasteiger partial charge in [-0.1, -0.05) is 18.2 Å². The van der Waals surface area contributed by atoms with E-state index >= 15 is 0 Å². The molecule has 1 saturated heterocycles. The van der Waals surface area contributed by atoms with Crippen molar-refractivity contribution in [3.63, 3.8) is 0 Å². The van der Waals surface area contributed by atoms with Crippen molar-refractivity contribution in [1.82, 2.24) is 4.90 Å². The van der Waals surface area contributed by atoms with Crippen LogP contribution in [0.1, 0.15) is 19.3 Å². The minimum absolute atomic E-state index is 0.0539. The Morgan fingerprint density at radius 2 is 1.76 bits per heavy atom. The molecule has 1 fully saturated rings. The molecule has 1 amide bonds. The molecule has 1 aliphatic rings. The third-order valence-corrected chi connectivity index (χ3v) is 7.62. The highest BCUT2D eigenvalue weighted by Crippen LogP contribution is 2.22. The number of nitrogens with zero attached hydrogens (tertiary/aromatic N) is 1. The van der Waals surface area contributed by atoms with Crippen LogP contribution in [0.5, 0.6) is 0 Å². The van der Waals surface area contributed by atoms with Gasteiger partial charge in [0, 0.05) is 24.5 Å². The molecule has 1 heterocycles. The van der Waals surface area contributed by atoms with E-state index in [9.17, 15) is 13.2 Å². The molecule has 0 aromatic heterocycles. The lowest BCUT2D eigenvalue weighted by Gasteiger charge is -2.19. The van der Waals surface area contributed by atoms with Crippen molar-refractivity contribution in [2.75, 3.05) is 30.0 Å². The number of thioether (sulfide) groups is 1. The number of carbonyl (C=O) groups excluding carboxylic acids is 1. The molecule has 0 bridgehead atoms. The molecular weight excluding hydrogens is 406 g/mol. The van der Waals surface area contributed by atoms with Crippen molar-refractivity contribution < 1.29 is 13.2 Å². The number of rotatable bonds is 9. The number of hydrogen-bond acceptors (Lipinski definition) is 6. The maximum atomic E-state index is 12.6. The summed E-state index contributed by atoms with van der Waals surface area (Å²) in [4.78, 5) is 14.6. The summed E-state index contributed by atoms with van der Waals surface area (Å²) in [6.07, 6.45) is 2.43. The van der Waals surface area contributed by atoms with Gasteiger partial charge in [0.15, 0.2) is 0 Å². The van der Waals surface area contributed by atoms with Crippen LogP contribution in [0.3, 0.4) is 0 Å². The van der Waals surface area contributed by atoms with Crippen LogP contribution in [0.4, 0.5) is 5.69 Å². The van der Waals surface area contributed by atoms with Crippen LogP contribution in [0, 0.1) is 0 Å². The van der Waals surface area contributed by atoms with Gasteiger partial charge in [0.05, 0.1) is 21.7 Å². The predicted octanol–water partition coefficient (Wildman–Crippen LogP) is 2.96. The van der Waals surface area contributed by atoms with Crippen LogP contribution in [0.2, 0.25) is 0 Å². The first-order chi connectivity index (χ1) is 14.0. The van der Waals surface area contributed by atoms with Gasteiger partial charge in [-0.2, -0.15) is 0 Å². The zero-order chi connectivity index (χ0) is 20.7. The Kier molecular flexibility index (Phi) is 7.57. The van der Waals surface area contributed by atoms with Crippen LogP contribution in [0.15, 0.2) is 64.4 Å². The van der Waals surface area contributed by atoms with Crippen LogP contribution in [-0.2, 0) is 14.6 Å². The fourth-order valence-corrected chi connectivity index (χ4v) is 5.39. The SMILES string of the molecule is N[C@@H](CCCCNc1ccc(S(=O)(=O)c2ccccc2)cc1)C(=O)N1CCSC1. The standard InChI is InChI=1S/C21H27N3O3S2/c22-20(21(25)24-14-15-28-16-24)8-4-5-13-23-17-9-11-19(12-10-17)29(26,27)18-6-2-1-3-7-18/h1-3,6-7,9-12,20,23H,4-5,8,13-16,22H2/t20-/m0/s1. The van der Waals surface area contributed by atoms with Gasteiger partial charge in [0.2, 0.25) is 15.7 Å². The summed E-state index contributed by atoms with van der Waals surface area (Å²) in [5.41, 5.74) is 6.89. The molecule has 8 heteroatoms. The molecular formula is C21H27N3O3S2. The zero-order valence-electron chi connectivity index (χ0n) is 16.3. The van der Waals surface area contributed by atoms with E-state index in [1.807, 2.05) is 4.90 Å². The monoisotopic (exact) mass is 433 g/mol. The Labute approximate surface area is 176 Å². The molecule has 1 aliphatic heterocycles. The number of nitrogens with one attached hydrogen (secondary N) is 1. The first kappa shape index (κ1) is 21.7. The van der Waals surface area contributed by atoms with Gasteiger partial charge in [-0.25, -0.2) is 8.42 Å². The van der Waals surface area contributed by atoms with Gasteiger partial charge in [0.1, 0.15) is 0 Å². The van der Waals surface area contributed by atoms with Gasteiger partial charge < -0.3 is 16.0 Å². The number of sulfone groups is 1. The van der Waals surface area contributed by atoms with E-state index in [0.29, 0.717) is 11.3 Å². The second kappa shape index (κ2) is 10.1. The highest BCUT2D eigenvalue weighted by atomic mass is 32.2. The van der Waals surface area contributed by atoms with Crippen molar-refractivity contribution in [2.24, 2.45) is 5.73 Å². The Hall–Kier alpha value is -2.03. The first-order valence-electron chi connectivity index (χ1n) is 9.74. The lowest BCUT2D eigenvalue weighted by atomic mass is 10.1. The Balaban J connectivity index is 1.42. The second-order valence-corrected chi connectivity index (χ2v) is 10.0. The summed E-state index contributed by atoms with van der Waals surface area (Å²) < 4.78 is 25.2. The van der Waals surface area contributed by atoms with Gasteiger partial charge in [-0.05, 0) is 55.7 Å². The van der Waals surface area contributed by atoms with Crippen molar-refractivity contribution in [3.05, 3.63) is 54.6 Å². The summed E-state index contributed by atoms with van der Waals surface area (Å²) in [6, 6.07) is 14.8. The Morgan fingerprint density at radius 3 is 2.41 bits per heavy atom. The molecule has 3 rings (SSSR count). The third-order valence-electron chi connectivity index (χ3n) is 4.87. The van der Waals surface area contributed by atoms with Crippen LogP contribution in [-0.4, -0.2) is 50.0 Å². The molecule has 0 aliphatic carbocycles. The Bertz CT molecular complexity index is 897. The highest BCUT2D eigenvalue weighted by molar-refractivity contribution is 7.99. The van der Waals surface area contributed by atoms with Crippen LogP contribution < -0.4 is 11.1 Å². The maximum absolute atomic E-state index is 12.6. The average molecular weight is 434 g/mol. The summed E-state index contributed by atoms with van der Waals surface area (Å²) in [5.74, 6) is 1.80.